The third-order valence-corrected chi connectivity index (χ3v) is 4.66. The first-order valence-corrected chi connectivity index (χ1v) is 8.25. The zero-order chi connectivity index (χ0) is 15.2. The Kier molecular flexibility index (Phi) is 6.86. The second-order valence-corrected chi connectivity index (χ2v) is 8.35. The summed E-state index contributed by atoms with van der Waals surface area (Å²) in [4.78, 5) is 0. The lowest BCUT2D eigenvalue weighted by Crippen LogP contribution is -2.44. The molecule has 2 atom stereocenters. The van der Waals surface area contributed by atoms with Crippen LogP contribution in [0.5, 0.6) is 0 Å². The molecule has 114 valence electrons. The zero-order valence-electron chi connectivity index (χ0n) is 13.2. The summed E-state index contributed by atoms with van der Waals surface area (Å²) < 4.78 is 20.8. The predicted octanol–water partition coefficient (Wildman–Crippen LogP) is 3.28. The van der Waals surface area contributed by atoms with Gasteiger partial charge >= 0.3 is 0 Å². The summed E-state index contributed by atoms with van der Waals surface area (Å²) >= 11 is 0. The molecule has 0 radical (unpaired) electrons. The lowest BCUT2D eigenvalue weighted by atomic mass is 10.1. The van der Waals surface area contributed by atoms with Gasteiger partial charge in [-0.15, -0.1) is 0 Å². The molecule has 0 aromatic heterocycles. The summed E-state index contributed by atoms with van der Waals surface area (Å²) in [6, 6.07) is 10.2. The van der Waals surface area contributed by atoms with E-state index >= 15 is 0 Å². The van der Waals surface area contributed by atoms with Gasteiger partial charge in [0.15, 0.2) is 0 Å². The van der Waals surface area contributed by atoms with E-state index in [0.29, 0.717) is 19.1 Å². The first kappa shape index (κ1) is 17.3. The smallest absolute Gasteiger partial charge is 0.0973 e. The summed E-state index contributed by atoms with van der Waals surface area (Å²) in [6.45, 7) is 11.3. The molecule has 20 heavy (non-hydrogen) atoms. The molecule has 0 saturated carbocycles. The standard InChI is InChI=1S/C16H27NO2S/c1-13(2)15(17-20(18)16(3,4)5)12-19-11-14-9-7-6-8-10-14/h6-10,13,15,17H,11-12H2,1-5H3/t15-,20?/m0/s1. The number of hydrogen-bond donors (Lipinski definition) is 1. The van der Waals surface area contributed by atoms with Crippen LogP contribution in [0.2, 0.25) is 0 Å². The molecule has 3 nitrogen and oxygen atoms in total. The molecule has 1 unspecified atom stereocenters. The number of benzene rings is 1. The molecular formula is C16H27NO2S. The van der Waals surface area contributed by atoms with Gasteiger partial charge in [-0.2, -0.15) is 0 Å². The first-order chi connectivity index (χ1) is 9.30. The van der Waals surface area contributed by atoms with Crippen molar-refractivity contribution in [3.63, 3.8) is 0 Å². The maximum Gasteiger partial charge on any atom is 0.0973 e. The first-order valence-electron chi connectivity index (χ1n) is 7.10. The molecule has 4 heteroatoms. The van der Waals surface area contributed by atoms with E-state index in [1.807, 2.05) is 51.1 Å². The van der Waals surface area contributed by atoms with Gasteiger partial charge in [-0.25, -0.2) is 8.93 Å². The van der Waals surface area contributed by atoms with Gasteiger partial charge in [-0.05, 0) is 32.3 Å². The van der Waals surface area contributed by atoms with Gasteiger partial charge in [0.1, 0.15) is 0 Å². The summed E-state index contributed by atoms with van der Waals surface area (Å²) in [7, 11) is -1.07. The van der Waals surface area contributed by atoms with Crippen LogP contribution >= 0.6 is 0 Å². The van der Waals surface area contributed by atoms with Gasteiger partial charge in [0.2, 0.25) is 0 Å². The minimum absolute atomic E-state index is 0.0961. The van der Waals surface area contributed by atoms with Crippen LogP contribution in [-0.2, 0) is 22.3 Å². The van der Waals surface area contributed by atoms with Gasteiger partial charge in [0.05, 0.1) is 28.9 Å². The monoisotopic (exact) mass is 297 g/mol. The van der Waals surface area contributed by atoms with Crippen LogP contribution in [0, 0.1) is 5.92 Å². The molecule has 1 aromatic carbocycles. The Labute approximate surface area is 125 Å². The van der Waals surface area contributed by atoms with Crippen LogP contribution < -0.4 is 4.72 Å². The van der Waals surface area contributed by atoms with Crippen molar-refractivity contribution in [3.05, 3.63) is 35.9 Å². The molecule has 0 fully saturated rings. The van der Waals surface area contributed by atoms with E-state index < -0.39 is 11.0 Å². The van der Waals surface area contributed by atoms with E-state index in [9.17, 15) is 4.21 Å². The Hall–Kier alpha value is -0.710. The minimum Gasteiger partial charge on any atom is -0.375 e. The van der Waals surface area contributed by atoms with E-state index in [-0.39, 0.29) is 10.8 Å². The van der Waals surface area contributed by atoms with Crippen molar-refractivity contribution in [2.24, 2.45) is 5.92 Å². The lowest BCUT2D eigenvalue weighted by Gasteiger charge is -2.26. The van der Waals surface area contributed by atoms with Crippen molar-refractivity contribution in [1.29, 1.82) is 0 Å². The fourth-order valence-corrected chi connectivity index (χ4v) is 2.52. The highest BCUT2D eigenvalue weighted by Crippen LogP contribution is 2.12. The van der Waals surface area contributed by atoms with Crippen molar-refractivity contribution in [3.8, 4) is 0 Å². The maximum absolute atomic E-state index is 12.2. The number of ether oxygens (including phenoxy) is 1. The van der Waals surface area contributed by atoms with Crippen molar-refractivity contribution in [1.82, 2.24) is 4.72 Å². The van der Waals surface area contributed by atoms with Crippen LogP contribution in [0.4, 0.5) is 0 Å². The van der Waals surface area contributed by atoms with Gasteiger partial charge in [-0.3, -0.25) is 0 Å². The van der Waals surface area contributed by atoms with Crippen molar-refractivity contribution >= 4 is 11.0 Å². The van der Waals surface area contributed by atoms with E-state index in [1.54, 1.807) is 0 Å². The van der Waals surface area contributed by atoms with Crippen molar-refractivity contribution < 1.29 is 8.95 Å². The van der Waals surface area contributed by atoms with E-state index in [4.69, 9.17) is 4.74 Å². The van der Waals surface area contributed by atoms with Gasteiger partial charge < -0.3 is 4.74 Å². The molecule has 0 saturated heterocycles. The Morgan fingerprint density at radius 2 is 1.80 bits per heavy atom. The average Bonchev–Trinajstić information content (AvgIpc) is 2.37. The SMILES string of the molecule is CC(C)[C@H](COCc1ccccc1)NS(=O)C(C)(C)C. The molecule has 0 spiro atoms. The molecule has 0 aliphatic carbocycles. The maximum atomic E-state index is 12.2. The van der Waals surface area contributed by atoms with Crippen LogP contribution in [0.1, 0.15) is 40.2 Å². The molecule has 0 aliphatic rings. The molecule has 1 aromatic rings. The van der Waals surface area contributed by atoms with Crippen molar-refractivity contribution in [2.45, 2.75) is 52.0 Å². The summed E-state index contributed by atoms with van der Waals surface area (Å²) in [5, 5.41) is 0. The molecule has 0 aliphatic heterocycles. The van der Waals surface area contributed by atoms with Gasteiger partial charge in [-0.1, -0.05) is 44.2 Å². The molecule has 1 N–H and O–H groups in total. The van der Waals surface area contributed by atoms with Crippen LogP contribution in [0.3, 0.4) is 0 Å². The third-order valence-electron chi connectivity index (χ3n) is 3.03. The normalized spacial score (nSPS) is 15.3. The third kappa shape index (κ3) is 6.16. The highest BCUT2D eigenvalue weighted by molar-refractivity contribution is 7.84. The predicted molar refractivity (Wildman–Crippen MR) is 85.8 cm³/mol. The summed E-state index contributed by atoms with van der Waals surface area (Å²) in [6.07, 6.45) is 0. The largest absolute Gasteiger partial charge is 0.375 e. The zero-order valence-corrected chi connectivity index (χ0v) is 14.0. The van der Waals surface area contributed by atoms with E-state index in [2.05, 4.69) is 18.6 Å². The minimum atomic E-state index is -1.07. The van der Waals surface area contributed by atoms with Gasteiger partial charge in [0.25, 0.3) is 0 Å². The van der Waals surface area contributed by atoms with E-state index in [0.717, 1.165) is 5.56 Å². The molecule has 0 bridgehead atoms. The quantitative estimate of drug-likeness (QED) is 0.839. The molecule has 0 amide bonds. The number of hydrogen-bond acceptors (Lipinski definition) is 2. The second-order valence-electron chi connectivity index (χ2n) is 6.35. The molecule has 0 heterocycles. The van der Waals surface area contributed by atoms with Crippen LogP contribution in [-0.4, -0.2) is 21.6 Å². The fourth-order valence-electron chi connectivity index (χ4n) is 1.55. The Balaban J connectivity index is 2.46. The highest BCUT2D eigenvalue weighted by atomic mass is 32.2. The number of rotatable bonds is 7. The Morgan fingerprint density at radius 3 is 2.30 bits per heavy atom. The lowest BCUT2D eigenvalue weighted by molar-refractivity contribution is 0.0931. The fraction of sp³-hybridized carbons (Fsp3) is 0.625. The van der Waals surface area contributed by atoms with Gasteiger partial charge in [0, 0.05) is 6.04 Å². The summed E-state index contributed by atoms with van der Waals surface area (Å²) in [5.74, 6) is 0.372. The van der Waals surface area contributed by atoms with Crippen molar-refractivity contribution in [2.75, 3.05) is 6.61 Å². The topological polar surface area (TPSA) is 38.3 Å². The second kappa shape index (κ2) is 7.91. The van der Waals surface area contributed by atoms with Crippen LogP contribution in [0.15, 0.2) is 30.3 Å². The Bertz CT molecular complexity index is 412. The highest BCUT2D eigenvalue weighted by Gasteiger charge is 2.24. The molecule has 1 rings (SSSR count). The average molecular weight is 297 g/mol. The molecular weight excluding hydrogens is 270 g/mol. The summed E-state index contributed by atoms with van der Waals surface area (Å²) in [5.41, 5.74) is 1.16. The van der Waals surface area contributed by atoms with E-state index in [1.165, 1.54) is 0 Å². The Morgan fingerprint density at radius 1 is 1.20 bits per heavy atom. The number of nitrogens with one attached hydrogen (secondary N) is 1. The van der Waals surface area contributed by atoms with Crippen LogP contribution in [0.25, 0.3) is 0 Å².